The minimum absolute atomic E-state index is 0.00288. The molecule has 1 heterocycles. The van der Waals surface area contributed by atoms with Crippen LogP contribution in [0.25, 0.3) is 0 Å². The molecule has 0 unspecified atom stereocenters. The lowest BCUT2D eigenvalue weighted by atomic mass is 10.2. The van der Waals surface area contributed by atoms with Gasteiger partial charge in [-0.05, 0) is 24.6 Å². The summed E-state index contributed by atoms with van der Waals surface area (Å²) in [6.45, 7) is 3.30. The molecule has 0 saturated carbocycles. The molecule has 0 aliphatic heterocycles. The zero-order valence-corrected chi connectivity index (χ0v) is 14.1. The van der Waals surface area contributed by atoms with Gasteiger partial charge in [-0.3, -0.25) is 4.79 Å². The molecule has 2 aromatic rings. The minimum atomic E-state index is 0.00288. The largest absolute Gasteiger partial charge is 0.364 e. The number of carbonyl (C=O) groups excluding carboxylic acids is 1. The lowest BCUT2D eigenvalue weighted by Gasteiger charge is -2.23. The van der Waals surface area contributed by atoms with Gasteiger partial charge in [-0.1, -0.05) is 54.7 Å². The number of thiophene rings is 1. The van der Waals surface area contributed by atoms with Gasteiger partial charge >= 0.3 is 0 Å². The number of ketones is 1. The van der Waals surface area contributed by atoms with Crippen LogP contribution in [-0.4, -0.2) is 18.9 Å². The summed E-state index contributed by atoms with van der Waals surface area (Å²) in [6, 6.07) is 11.6. The van der Waals surface area contributed by atoms with Crippen molar-refractivity contribution in [1.29, 1.82) is 0 Å². The average Bonchev–Trinajstić information content (AvgIpc) is 2.83. The van der Waals surface area contributed by atoms with E-state index in [9.17, 15) is 4.79 Å². The predicted molar refractivity (Wildman–Crippen MR) is 92.2 cm³/mol. The number of hydrogen-bond donors (Lipinski definition) is 0. The molecular formula is C16H17Cl2NOS. The highest BCUT2D eigenvalue weighted by Crippen LogP contribution is 2.31. The third kappa shape index (κ3) is 4.47. The van der Waals surface area contributed by atoms with E-state index >= 15 is 0 Å². The van der Waals surface area contributed by atoms with Crippen molar-refractivity contribution < 1.29 is 4.79 Å². The summed E-state index contributed by atoms with van der Waals surface area (Å²) >= 11 is 13.2. The number of unbranched alkanes of at least 4 members (excludes halogenated alkanes) is 1. The molecule has 1 aromatic heterocycles. The molecule has 2 rings (SSSR count). The zero-order chi connectivity index (χ0) is 15.2. The molecule has 0 N–H and O–H groups in total. The molecule has 0 saturated heterocycles. The molecule has 1 aromatic carbocycles. The fourth-order valence-electron chi connectivity index (χ4n) is 2.08. The Labute approximate surface area is 139 Å². The van der Waals surface area contributed by atoms with E-state index in [0.29, 0.717) is 20.8 Å². The number of Topliss-reactive ketones (excluding diaryl/α,β-unsaturated/α-hetero) is 1. The Balaban J connectivity index is 2.15. The second kappa shape index (κ2) is 7.83. The van der Waals surface area contributed by atoms with Crippen LogP contribution in [-0.2, 0) is 0 Å². The van der Waals surface area contributed by atoms with Gasteiger partial charge in [0.05, 0.1) is 16.4 Å². The monoisotopic (exact) mass is 341 g/mol. The van der Waals surface area contributed by atoms with Gasteiger partial charge in [-0.15, -0.1) is 11.3 Å². The predicted octanol–water partition coefficient (Wildman–Crippen LogP) is 5.54. The Morgan fingerprint density at radius 1 is 1.24 bits per heavy atom. The Hall–Kier alpha value is -1.03. The van der Waals surface area contributed by atoms with E-state index in [4.69, 9.17) is 23.2 Å². The lowest BCUT2D eigenvalue weighted by Crippen LogP contribution is -2.30. The Morgan fingerprint density at radius 2 is 1.95 bits per heavy atom. The average molecular weight is 342 g/mol. The first kappa shape index (κ1) is 16.3. The quantitative estimate of drug-likeness (QED) is 0.615. The van der Waals surface area contributed by atoms with Crippen LogP contribution < -0.4 is 4.90 Å². The van der Waals surface area contributed by atoms with E-state index in [0.717, 1.165) is 25.1 Å². The molecule has 0 radical (unpaired) electrons. The van der Waals surface area contributed by atoms with Crippen molar-refractivity contribution in [3.63, 3.8) is 0 Å². The summed E-state index contributed by atoms with van der Waals surface area (Å²) in [4.78, 5) is 14.5. The number of anilines is 1. The first-order valence-electron chi connectivity index (χ1n) is 6.90. The highest BCUT2D eigenvalue weighted by Gasteiger charge is 2.17. The standard InChI is InChI=1S/C16H17Cl2NOS/c1-2-3-9-19(12-7-5-4-6-8-12)11-14(20)13-10-15(17)21-16(13)18/h4-8,10H,2-3,9,11H2,1H3. The van der Waals surface area contributed by atoms with E-state index in [1.54, 1.807) is 6.07 Å². The van der Waals surface area contributed by atoms with Crippen LogP contribution in [0, 0.1) is 0 Å². The number of benzene rings is 1. The van der Waals surface area contributed by atoms with Gasteiger partial charge in [-0.25, -0.2) is 0 Å². The van der Waals surface area contributed by atoms with E-state index in [-0.39, 0.29) is 5.78 Å². The van der Waals surface area contributed by atoms with Crippen molar-refractivity contribution in [2.45, 2.75) is 19.8 Å². The number of para-hydroxylation sites is 1. The maximum absolute atomic E-state index is 12.4. The summed E-state index contributed by atoms with van der Waals surface area (Å²) < 4.78 is 1.01. The normalized spacial score (nSPS) is 10.6. The number of nitrogens with zero attached hydrogens (tertiary/aromatic N) is 1. The molecule has 5 heteroatoms. The van der Waals surface area contributed by atoms with Gasteiger partial charge in [0.1, 0.15) is 4.34 Å². The summed E-state index contributed by atoms with van der Waals surface area (Å²) in [7, 11) is 0. The number of hydrogen-bond acceptors (Lipinski definition) is 3. The van der Waals surface area contributed by atoms with Crippen LogP contribution in [0.3, 0.4) is 0 Å². The Bertz CT molecular complexity index is 598. The number of halogens is 2. The first-order valence-corrected chi connectivity index (χ1v) is 8.47. The van der Waals surface area contributed by atoms with Crippen LogP contribution in [0.4, 0.5) is 5.69 Å². The highest BCUT2D eigenvalue weighted by atomic mass is 35.5. The van der Waals surface area contributed by atoms with Crippen LogP contribution in [0.15, 0.2) is 36.4 Å². The van der Waals surface area contributed by atoms with Crippen molar-refractivity contribution in [1.82, 2.24) is 0 Å². The fourth-order valence-corrected chi connectivity index (χ4v) is 3.58. The zero-order valence-electron chi connectivity index (χ0n) is 11.8. The van der Waals surface area contributed by atoms with E-state index in [1.807, 2.05) is 30.3 Å². The molecule has 0 atom stereocenters. The second-order valence-corrected chi connectivity index (χ2v) is 7.06. The van der Waals surface area contributed by atoms with Crippen LogP contribution in [0.1, 0.15) is 30.1 Å². The summed E-state index contributed by atoms with van der Waals surface area (Å²) in [6.07, 6.45) is 2.13. The molecule has 0 spiro atoms. The Kier molecular flexibility index (Phi) is 6.09. The Morgan fingerprint density at radius 3 is 2.52 bits per heavy atom. The lowest BCUT2D eigenvalue weighted by molar-refractivity contribution is 0.0999. The fraction of sp³-hybridized carbons (Fsp3) is 0.312. The van der Waals surface area contributed by atoms with Crippen LogP contribution in [0.2, 0.25) is 8.67 Å². The topological polar surface area (TPSA) is 20.3 Å². The molecule has 0 aliphatic carbocycles. The van der Waals surface area contributed by atoms with Gasteiger partial charge < -0.3 is 4.90 Å². The first-order chi connectivity index (χ1) is 10.1. The number of carbonyl (C=O) groups is 1. The van der Waals surface area contributed by atoms with Crippen molar-refractivity contribution >= 4 is 46.0 Å². The summed E-state index contributed by atoms with van der Waals surface area (Å²) in [5, 5.41) is 0. The SMILES string of the molecule is CCCCN(CC(=O)c1cc(Cl)sc1Cl)c1ccccc1. The molecular weight excluding hydrogens is 325 g/mol. The van der Waals surface area contributed by atoms with Gasteiger partial charge in [0, 0.05) is 12.2 Å². The van der Waals surface area contributed by atoms with Gasteiger partial charge in [-0.2, -0.15) is 0 Å². The third-order valence-electron chi connectivity index (χ3n) is 3.19. The summed E-state index contributed by atoms with van der Waals surface area (Å²) in [5.41, 5.74) is 1.57. The maximum atomic E-state index is 12.4. The van der Waals surface area contributed by atoms with Gasteiger partial charge in [0.25, 0.3) is 0 Å². The minimum Gasteiger partial charge on any atom is -0.364 e. The van der Waals surface area contributed by atoms with Crippen molar-refractivity contribution in [3.8, 4) is 0 Å². The van der Waals surface area contributed by atoms with E-state index in [2.05, 4.69) is 11.8 Å². The molecule has 0 bridgehead atoms. The highest BCUT2D eigenvalue weighted by molar-refractivity contribution is 7.20. The van der Waals surface area contributed by atoms with Crippen LogP contribution in [0.5, 0.6) is 0 Å². The van der Waals surface area contributed by atoms with Crippen molar-refractivity contribution in [2.75, 3.05) is 18.0 Å². The van der Waals surface area contributed by atoms with Crippen molar-refractivity contribution in [2.24, 2.45) is 0 Å². The summed E-state index contributed by atoms with van der Waals surface area (Å²) in [5.74, 6) is 0.00288. The van der Waals surface area contributed by atoms with Crippen molar-refractivity contribution in [3.05, 3.63) is 50.6 Å². The maximum Gasteiger partial charge on any atom is 0.184 e. The molecule has 21 heavy (non-hydrogen) atoms. The third-order valence-corrected chi connectivity index (χ3v) is 4.68. The molecule has 2 nitrogen and oxygen atoms in total. The molecule has 0 aliphatic rings. The molecule has 0 fully saturated rings. The number of rotatable bonds is 7. The molecule has 112 valence electrons. The van der Waals surface area contributed by atoms with Gasteiger partial charge in [0.15, 0.2) is 5.78 Å². The van der Waals surface area contributed by atoms with Crippen LogP contribution >= 0.6 is 34.5 Å². The smallest absolute Gasteiger partial charge is 0.184 e. The van der Waals surface area contributed by atoms with E-state index in [1.165, 1.54) is 11.3 Å². The van der Waals surface area contributed by atoms with E-state index < -0.39 is 0 Å². The molecule has 0 amide bonds. The van der Waals surface area contributed by atoms with Gasteiger partial charge in [0.2, 0.25) is 0 Å². The second-order valence-electron chi connectivity index (χ2n) is 4.77.